The first-order valence-electron chi connectivity index (χ1n) is 6.79. The van der Waals surface area contributed by atoms with Gasteiger partial charge >= 0.3 is 5.97 Å². The summed E-state index contributed by atoms with van der Waals surface area (Å²) in [5, 5.41) is 2.97. The van der Waals surface area contributed by atoms with Crippen LogP contribution in [-0.2, 0) is 9.53 Å². The topological polar surface area (TPSA) is 38.3 Å². The standard InChI is InChI=1S/C13H21F2NO2/c1-2-18-11(17)10-8-16-9-12(10)6-4-3-5-7-13(12,14)15/h10,16H,2-9H2,1H3. The van der Waals surface area contributed by atoms with Crippen molar-refractivity contribution in [3.05, 3.63) is 0 Å². The van der Waals surface area contributed by atoms with Crippen molar-refractivity contribution in [1.82, 2.24) is 5.32 Å². The Kier molecular flexibility index (Phi) is 3.90. The number of hydrogen-bond acceptors (Lipinski definition) is 3. The van der Waals surface area contributed by atoms with Crippen LogP contribution in [-0.4, -0.2) is 31.6 Å². The van der Waals surface area contributed by atoms with Crippen LogP contribution in [0.3, 0.4) is 0 Å². The van der Waals surface area contributed by atoms with Gasteiger partial charge in [0.1, 0.15) is 0 Å². The van der Waals surface area contributed by atoms with Crippen LogP contribution in [0, 0.1) is 11.3 Å². The van der Waals surface area contributed by atoms with E-state index in [2.05, 4.69) is 5.32 Å². The Morgan fingerprint density at radius 2 is 2.06 bits per heavy atom. The zero-order valence-corrected chi connectivity index (χ0v) is 10.8. The molecule has 1 N–H and O–H groups in total. The molecule has 2 aliphatic rings. The molecular formula is C13H21F2NO2. The lowest BCUT2D eigenvalue weighted by molar-refractivity contribution is -0.172. The summed E-state index contributed by atoms with van der Waals surface area (Å²) in [6.07, 6.45) is 2.45. The van der Waals surface area contributed by atoms with Crippen molar-refractivity contribution < 1.29 is 18.3 Å². The second kappa shape index (κ2) is 5.11. The number of carbonyl (C=O) groups excluding carboxylic acids is 1. The maximum atomic E-state index is 14.4. The predicted octanol–water partition coefficient (Wildman–Crippen LogP) is 2.35. The fourth-order valence-corrected chi connectivity index (χ4v) is 3.35. The van der Waals surface area contributed by atoms with Gasteiger partial charge in [-0.15, -0.1) is 0 Å². The number of halogens is 2. The SMILES string of the molecule is CCOC(=O)C1CNCC12CCCCCC2(F)F. The fraction of sp³-hybridized carbons (Fsp3) is 0.923. The van der Waals surface area contributed by atoms with Crippen molar-refractivity contribution >= 4 is 5.97 Å². The monoisotopic (exact) mass is 261 g/mol. The fourth-order valence-electron chi connectivity index (χ4n) is 3.35. The van der Waals surface area contributed by atoms with Crippen molar-refractivity contribution in [1.29, 1.82) is 0 Å². The average Bonchev–Trinajstić information content (AvgIpc) is 2.67. The van der Waals surface area contributed by atoms with Crippen molar-refractivity contribution in [2.45, 2.75) is 45.0 Å². The Balaban J connectivity index is 2.27. The van der Waals surface area contributed by atoms with Gasteiger partial charge in [0.15, 0.2) is 0 Å². The summed E-state index contributed by atoms with van der Waals surface area (Å²) in [6.45, 7) is 2.49. The molecule has 1 spiro atoms. The van der Waals surface area contributed by atoms with E-state index in [-0.39, 0.29) is 19.6 Å². The van der Waals surface area contributed by atoms with Gasteiger partial charge in [0.05, 0.1) is 17.9 Å². The lowest BCUT2D eigenvalue weighted by atomic mass is 9.69. The molecule has 2 rings (SSSR count). The summed E-state index contributed by atoms with van der Waals surface area (Å²) in [7, 11) is 0. The van der Waals surface area contributed by atoms with E-state index in [0.29, 0.717) is 19.4 Å². The minimum absolute atomic E-state index is 0.107. The van der Waals surface area contributed by atoms with E-state index < -0.39 is 23.2 Å². The van der Waals surface area contributed by atoms with E-state index in [4.69, 9.17) is 4.74 Å². The summed E-state index contributed by atoms with van der Waals surface area (Å²) in [5.41, 5.74) is -1.23. The van der Waals surface area contributed by atoms with Crippen LogP contribution in [0.5, 0.6) is 0 Å². The Morgan fingerprint density at radius 3 is 2.78 bits per heavy atom. The van der Waals surface area contributed by atoms with Crippen molar-refractivity contribution in [2.75, 3.05) is 19.7 Å². The highest BCUT2D eigenvalue weighted by Gasteiger charge is 2.62. The van der Waals surface area contributed by atoms with Crippen molar-refractivity contribution in [3.8, 4) is 0 Å². The number of rotatable bonds is 2. The van der Waals surface area contributed by atoms with Crippen LogP contribution < -0.4 is 5.32 Å². The molecule has 2 atom stereocenters. The quantitative estimate of drug-likeness (QED) is 0.775. The number of nitrogens with one attached hydrogen (secondary N) is 1. The molecule has 0 aromatic heterocycles. The summed E-state index contributed by atoms with van der Waals surface area (Å²) in [4.78, 5) is 11.9. The lowest BCUT2D eigenvalue weighted by Crippen LogP contribution is -2.49. The van der Waals surface area contributed by atoms with Crippen molar-refractivity contribution in [2.24, 2.45) is 11.3 Å². The van der Waals surface area contributed by atoms with Crippen LogP contribution in [0.2, 0.25) is 0 Å². The summed E-state index contributed by atoms with van der Waals surface area (Å²) >= 11 is 0. The molecule has 5 heteroatoms. The Bertz CT molecular complexity index is 322. The molecule has 1 aliphatic heterocycles. The van der Waals surface area contributed by atoms with Gasteiger partial charge in [-0.1, -0.05) is 12.8 Å². The number of hydrogen-bond donors (Lipinski definition) is 1. The number of ether oxygens (including phenoxy) is 1. The smallest absolute Gasteiger partial charge is 0.311 e. The van der Waals surface area contributed by atoms with Crippen LogP contribution in [0.1, 0.15) is 39.0 Å². The van der Waals surface area contributed by atoms with Gasteiger partial charge in [-0.3, -0.25) is 4.79 Å². The highest BCUT2D eigenvalue weighted by Crippen LogP contribution is 2.53. The second-order valence-electron chi connectivity index (χ2n) is 5.36. The molecule has 0 amide bonds. The first-order valence-corrected chi connectivity index (χ1v) is 6.79. The van der Waals surface area contributed by atoms with E-state index >= 15 is 0 Å². The van der Waals surface area contributed by atoms with Gasteiger partial charge in [0.2, 0.25) is 0 Å². The molecule has 0 aromatic carbocycles. The average molecular weight is 261 g/mol. The Morgan fingerprint density at radius 1 is 1.33 bits per heavy atom. The largest absolute Gasteiger partial charge is 0.466 e. The molecule has 2 unspecified atom stereocenters. The molecular weight excluding hydrogens is 240 g/mol. The van der Waals surface area contributed by atoms with Crippen LogP contribution in [0.4, 0.5) is 8.78 Å². The first kappa shape index (κ1) is 13.7. The van der Waals surface area contributed by atoms with E-state index in [9.17, 15) is 13.6 Å². The molecule has 0 aromatic rings. The zero-order valence-electron chi connectivity index (χ0n) is 10.8. The number of carbonyl (C=O) groups is 1. The highest BCUT2D eigenvalue weighted by atomic mass is 19.3. The minimum Gasteiger partial charge on any atom is -0.466 e. The maximum Gasteiger partial charge on any atom is 0.311 e. The molecule has 0 radical (unpaired) electrons. The molecule has 1 aliphatic carbocycles. The summed E-state index contributed by atoms with van der Waals surface area (Å²) < 4.78 is 33.8. The molecule has 18 heavy (non-hydrogen) atoms. The van der Waals surface area contributed by atoms with Crippen LogP contribution in [0.15, 0.2) is 0 Å². The van der Waals surface area contributed by atoms with Gasteiger partial charge in [-0.25, -0.2) is 8.78 Å². The first-order chi connectivity index (χ1) is 8.53. The highest BCUT2D eigenvalue weighted by molar-refractivity contribution is 5.74. The van der Waals surface area contributed by atoms with E-state index in [0.717, 1.165) is 12.8 Å². The molecule has 0 bridgehead atoms. The molecule has 1 saturated heterocycles. The van der Waals surface area contributed by atoms with Gasteiger partial charge in [0, 0.05) is 19.5 Å². The molecule has 2 fully saturated rings. The lowest BCUT2D eigenvalue weighted by Gasteiger charge is -2.39. The molecule has 104 valence electrons. The summed E-state index contributed by atoms with van der Waals surface area (Å²) in [6, 6.07) is 0. The Labute approximate surface area is 106 Å². The third-order valence-electron chi connectivity index (χ3n) is 4.37. The third-order valence-corrected chi connectivity index (χ3v) is 4.37. The zero-order chi connectivity index (χ0) is 13.2. The van der Waals surface area contributed by atoms with E-state index in [1.165, 1.54) is 0 Å². The van der Waals surface area contributed by atoms with Gasteiger partial charge in [-0.05, 0) is 19.8 Å². The molecule has 3 nitrogen and oxygen atoms in total. The van der Waals surface area contributed by atoms with E-state index in [1.807, 2.05) is 0 Å². The van der Waals surface area contributed by atoms with Gasteiger partial charge < -0.3 is 10.1 Å². The second-order valence-corrected chi connectivity index (χ2v) is 5.36. The predicted molar refractivity (Wildman–Crippen MR) is 63.5 cm³/mol. The third kappa shape index (κ3) is 2.13. The van der Waals surface area contributed by atoms with Crippen molar-refractivity contribution in [3.63, 3.8) is 0 Å². The van der Waals surface area contributed by atoms with Crippen LogP contribution in [0.25, 0.3) is 0 Å². The number of esters is 1. The normalized spacial score (nSPS) is 35.4. The molecule has 1 saturated carbocycles. The van der Waals surface area contributed by atoms with E-state index in [1.54, 1.807) is 6.92 Å². The van der Waals surface area contributed by atoms with Crippen LogP contribution >= 0.6 is 0 Å². The van der Waals surface area contributed by atoms with Gasteiger partial charge in [0.25, 0.3) is 5.92 Å². The number of alkyl halides is 2. The maximum absolute atomic E-state index is 14.4. The Hall–Kier alpha value is -0.710. The minimum atomic E-state index is -2.77. The van der Waals surface area contributed by atoms with Gasteiger partial charge in [-0.2, -0.15) is 0 Å². The molecule has 1 heterocycles. The summed E-state index contributed by atoms with van der Waals surface area (Å²) in [5.74, 6) is -3.95.